The maximum atomic E-state index is 11.5. The summed E-state index contributed by atoms with van der Waals surface area (Å²) in [6.07, 6.45) is 0. The SMILES string of the molecule is Cc1onc(-c2ccc3c(c2)nc(C)n3C)c1C(=O)Cl. The van der Waals surface area contributed by atoms with Crippen LogP contribution < -0.4 is 0 Å². The fourth-order valence-electron chi connectivity index (χ4n) is 2.27. The molecule has 0 N–H and O–H groups in total. The van der Waals surface area contributed by atoms with Gasteiger partial charge in [0.1, 0.15) is 22.8 Å². The topological polar surface area (TPSA) is 60.9 Å². The van der Waals surface area contributed by atoms with Crippen LogP contribution in [0.3, 0.4) is 0 Å². The van der Waals surface area contributed by atoms with Crippen LogP contribution in [0.25, 0.3) is 22.3 Å². The Kier molecular flexibility index (Phi) is 2.87. The number of aryl methyl sites for hydroxylation is 3. The van der Waals surface area contributed by atoms with E-state index >= 15 is 0 Å². The van der Waals surface area contributed by atoms with Gasteiger partial charge in [0, 0.05) is 12.6 Å². The highest BCUT2D eigenvalue weighted by Crippen LogP contribution is 2.29. The maximum Gasteiger partial charge on any atom is 0.258 e. The largest absolute Gasteiger partial charge is 0.360 e. The normalized spacial score (nSPS) is 11.2. The second-order valence-corrected chi connectivity index (χ2v) is 5.00. The highest BCUT2D eigenvalue weighted by atomic mass is 35.5. The van der Waals surface area contributed by atoms with Crippen LogP contribution in [-0.2, 0) is 7.05 Å². The Morgan fingerprint density at radius 3 is 2.80 bits per heavy atom. The van der Waals surface area contributed by atoms with E-state index in [1.807, 2.05) is 36.7 Å². The van der Waals surface area contributed by atoms with Gasteiger partial charge in [-0.25, -0.2) is 4.98 Å². The molecule has 3 aromatic rings. The zero-order chi connectivity index (χ0) is 14.4. The minimum Gasteiger partial charge on any atom is -0.360 e. The number of aromatic nitrogens is 3. The van der Waals surface area contributed by atoms with Crippen LogP contribution in [0.4, 0.5) is 0 Å². The van der Waals surface area contributed by atoms with Crippen molar-refractivity contribution in [2.45, 2.75) is 13.8 Å². The number of carbonyl (C=O) groups excluding carboxylic acids is 1. The van der Waals surface area contributed by atoms with Gasteiger partial charge in [0.25, 0.3) is 5.24 Å². The first-order chi connectivity index (χ1) is 9.49. The summed E-state index contributed by atoms with van der Waals surface area (Å²) in [5.74, 6) is 1.33. The second kappa shape index (κ2) is 4.45. The van der Waals surface area contributed by atoms with E-state index in [1.54, 1.807) is 6.92 Å². The van der Waals surface area contributed by atoms with Gasteiger partial charge in [-0.3, -0.25) is 4.79 Å². The number of halogens is 1. The molecule has 2 heterocycles. The summed E-state index contributed by atoms with van der Waals surface area (Å²) in [4.78, 5) is 16.0. The molecule has 0 aliphatic rings. The van der Waals surface area contributed by atoms with Crippen molar-refractivity contribution < 1.29 is 9.32 Å². The number of carbonyl (C=O) groups is 1. The van der Waals surface area contributed by atoms with Crippen molar-refractivity contribution in [1.82, 2.24) is 14.7 Å². The predicted octanol–water partition coefficient (Wildman–Crippen LogP) is 3.22. The van der Waals surface area contributed by atoms with Gasteiger partial charge in [-0.1, -0.05) is 11.2 Å². The molecule has 5 nitrogen and oxygen atoms in total. The predicted molar refractivity (Wildman–Crippen MR) is 75.9 cm³/mol. The Morgan fingerprint density at radius 1 is 1.35 bits per heavy atom. The minimum atomic E-state index is -0.573. The Bertz CT molecular complexity index is 832. The van der Waals surface area contributed by atoms with E-state index < -0.39 is 5.24 Å². The fraction of sp³-hybridized carbons (Fsp3) is 0.214. The number of hydrogen-bond donors (Lipinski definition) is 0. The lowest BCUT2D eigenvalue weighted by Crippen LogP contribution is -1.93. The van der Waals surface area contributed by atoms with Crippen molar-refractivity contribution in [3.8, 4) is 11.3 Å². The fourth-order valence-corrected chi connectivity index (χ4v) is 2.49. The number of benzene rings is 1. The Balaban J connectivity index is 2.23. The van der Waals surface area contributed by atoms with Gasteiger partial charge in [-0.15, -0.1) is 0 Å². The van der Waals surface area contributed by atoms with Crippen molar-refractivity contribution >= 4 is 27.9 Å². The molecule has 3 rings (SSSR count). The average Bonchev–Trinajstić information content (AvgIpc) is 2.91. The number of rotatable bonds is 2. The minimum absolute atomic E-state index is 0.304. The van der Waals surface area contributed by atoms with Gasteiger partial charge in [-0.2, -0.15) is 0 Å². The Hall–Kier alpha value is -2.14. The van der Waals surface area contributed by atoms with E-state index in [2.05, 4.69) is 10.1 Å². The molecule has 6 heteroatoms. The average molecular weight is 290 g/mol. The van der Waals surface area contributed by atoms with Gasteiger partial charge in [0.05, 0.1) is 11.0 Å². The summed E-state index contributed by atoms with van der Waals surface area (Å²) in [5.41, 5.74) is 3.38. The zero-order valence-electron chi connectivity index (χ0n) is 11.3. The Morgan fingerprint density at radius 2 is 2.10 bits per heavy atom. The molecule has 0 spiro atoms. The van der Waals surface area contributed by atoms with Crippen molar-refractivity contribution in [3.63, 3.8) is 0 Å². The van der Waals surface area contributed by atoms with Crippen molar-refractivity contribution in [3.05, 3.63) is 35.3 Å². The van der Waals surface area contributed by atoms with Gasteiger partial charge in [0.2, 0.25) is 0 Å². The first kappa shape index (κ1) is 12.9. The number of imidazole rings is 1. The van der Waals surface area contributed by atoms with E-state index in [9.17, 15) is 4.79 Å². The quantitative estimate of drug-likeness (QED) is 0.680. The van der Waals surface area contributed by atoms with Gasteiger partial charge < -0.3 is 9.09 Å². The Labute approximate surface area is 120 Å². The zero-order valence-corrected chi connectivity index (χ0v) is 12.0. The molecule has 0 atom stereocenters. The van der Waals surface area contributed by atoms with E-state index in [1.165, 1.54) is 0 Å². The van der Waals surface area contributed by atoms with E-state index in [0.717, 1.165) is 22.4 Å². The number of nitrogens with zero attached hydrogens (tertiary/aromatic N) is 3. The van der Waals surface area contributed by atoms with Crippen LogP contribution in [0, 0.1) is 13.8 Å². The molecule has 1 aromatic carbocycles. The monoisotopic (exact) mass is 289 g/mol. The summed E-state index contributed by atoms with van der Waals surface area (Å²) in [7, 11) is 1.96. The van der Waals surface area contributed by atoms with Gasteiger partial charge >= 0.3 is 0 Å². The second-order valence-electron chi connectivity index (χ2n) is 4.66. The molecule has 2 aromatic heterocycles. The summed E-state index contributed by atoms with van der Waals surface area (Å²) in [5, 5.41) is 3.36. The molecule has 20 heavy (non-hydrogen) atoms. The molecule has 102 valence electrons. The van der Waals surface area contributed by atoms with Crippen molar-refractivity contribution in [2.24, 2.45) is 7.05 Å². The van der Waals surface area contributed by atoms with Crippen LogP contribution in [-0.4, -0.2) is 20.0 Å². The van der Waals surface area contributed by atoms with Crippen LogP contribution in [0.1, 0.15) is 21.9 Å². The van der Waals surface area contributed by atoms with Crippen LogP contribution in [0.15, 0.2) is 22.7 Å². The summed E-state index contributed by atoms with van der Waals surface area (Å²) in [6, 6.07) is 5.70. The maximum absolute atomic E-state index is 11.5. The lowest BCUT2D eigenvalue weighted by Gasteiger charge is -2.00. The molecule has 0 aliphatic carbocycles. The van der Waals surface area contributed by atoms with Gasteiger partial charge in [0.15, 0.2) is 0 Å². The van der Waals surface area contributed by atoms with Crippen molar-refractivity contribution in [1.29, 1.82) is 0 Å². The lowest BCUT2D eigenvalue weighted by atomic mass is 10.1. The lowest BCUT2D eigenvalue weighted by molar-refractivity contribution is 0.108. The highest BCUT2D eigenvalue weighted by Gasteiger charge is 2.20. The number of hydrogen-bond acceptors (Lipinski definition) is 4. The summed E-state index contributed by atoms with van der Waals surface area (Å²) in [6.45, 7) is 3.60. The molecule has 0 amide bonds. The number of fused-ring (bicyclic) bond motifs is 1. The smallest absolute Gasteiger partial charge is 0.258 e. The standard InChI is InChI=1S/C14H12ClN3O2/c1-7-12(14(15)19)13(17-20-7)9-4-5-11-10(6-9)16-8(2)18(11)3/h4-6H,1-3H3. The first-order valence-electron chi connectivity index (χ1n) is 6.08. The third-order valence-corrected chi connectivity index (χ3v) is 3.63. The molecule has 0 saturated heterocycles. The van der Waals surface area contributed by atoms with Crippen LogP contribution in [0.5, 0.6) is 0 Å². The molecule has 0 radical (unpaired) electrons. The van der Waals surface area contributed by atoms with Crippen LogP contribution in [0.2, 0.25) is 0 Å². The van der Waals surface area contributed by atoms with Crippen molar-refractivity contribution in [2.75, 3.05) is 0 Å². The summed E-state index contributed by atoms with van der Waals surface area (Å²) >= 11 is 5.59. The third kappa shape index (κ3) is 1.82. The molecule has 0 fully saturated rings. The molecule has 0 bridgehead atoms. The molecule has 0 unspecified atom stereocenters. The molecular weight excluding hydrogens is 278 g/mol. The van der Waals surface area contributed by atoms with Crippen LogP contribution >= 0.6 is 11.6 Å². The molecular formula is C14H12ClN3O2. The molecule has 0 aliphatic heterocycles. The van der Waals surface area contributed by atoms with E-state index in [4.69, 9.17) is 16.1 Å². The van der Waals surface area contributed by atoms with Gasteiger partial charge in [-0.05, 0) is 37.6 Å². The van der Waals surface area contributed by atoms with E-state index in [-0.39, 0.29) is 0 Å². The summed E-state index contributed by atoms with van der Waals surface area (Å²) < 4.78 is 7.07. The molecule has 0 saturated carbocycles. The highest BCUT2D eigenvalue weighted by molar-refractivity contribution is 6.68. The van der Waals surface area contributed by atoms with E-state index in [0.29, 0.717) is 17.0 Å². The first-order valence-corrected chi connectivity index (χ1v) is 6.46. The third-order valence-electron chi connectivity index (χ3n) is 3.44.